The molecule has 0 aliphatic carbocycles. The van der Waals surface area contributed by atoms with Crippen molar-refractivity contribution in [3.63, 3.8) is 0 Å². The van der Waals surface area contributed by atoms with E-state index < -0.39 is 6.43 Å². The Bertz CT molecular complexity index is 592. The van der Waals surface area contributed by atoms with Crippen LogP contribution >= 0.6 is 0 Å². The lowest BCUT2D eigenvalue weighted by atomic mass is 10.1. The summed E-state index contributed by atoms with van der Waals surface area (Å²) < 4.78 is 41.3. The molecule has 0 N–H and O–H groups in total. The zero-order valence-electron chi connectivity index (χ0n) is 12.0. The summed E-state index contributed by atoms with van der Waals surface area (Å²) in [6.07, 6.45) is 1.80. The van der Waals surface area contributed by atoms with E-state index in [1.54, 1.807) is 24.3 Å². The van der Waals surface area contributed by atoms with E-state index in [9.17, 15) is 8.78 Å². The molecule has 1 saturated heterocycles. The highest BCUT2D eigenvalue weighted by Gasteiger charge is 2.16. The van der Waals surface area contributed by atoms with Crippen molar-refractivity contribution in [3.8, 4) is 17.2 Å². The lowest BCUT2D eigenvalue weighted by Gasteiger charge is -2.22. The zero-order chi connectivity index (χ0) is 15.4. The smallest absolute Gasteiger partial charge is 0.283 e. The zero-order valence-corrected chi connectivity index (χ0v) is 12.0. The van der Waals surface area contributed by atoms with E-state index >= 15 is 0 Å². The first kappa shape index (κ1) is 15.0. The lowest BCUT2D eigenvalue weighted by Crippen LogP contribution is -2.25. The third kappa shape index (κ3) is 3.62. The van der Waals surface area contributed by atoms with Crippen LogP contribution in [0.4, 0.5) is 8.78 Å². The van der Waals surface area contributed by atoms with Crippen molar-refractivity contribution < 1.29 is 22.7 Å². The number of nitrogens with zero attached hydrogens (tertiary/aromatic N) is 1. The number of rotatable bonds is 5. The van der Waals surface area contributed by atoms with Crippen molar-refractivity contribution in [1.29, 1.82) is 0 Å². The molecule has 0 amide bonds. The Labute approximate surface area is 127 Å². The van der Waals surface area contributed by atoms with Gasteiger partial charge < -0.3 is 13.9 Å². The maximum absolute atomic E-state index is 12.5. The van der Waals surface area contributed by atoms with E-state index in [1.807, 2.05) is 0 Å². The van der Waals surface area contributed by atoms with Gasteiger partial charge in [-0.25, -0.2) is 13.8 Å². The van der Waals surface area contributed by atoms with Crippen LogP contribution in [-0.2, 0) is 4.74 Å². The second-order valence-electron chi connectivity index (χ2n) is 5.20. The van der Waals surface area contributed by atoms with Crippen molar-refractivity contribution in [2.45, 2.75) is 31.8 Å². The Morgan fingerprint density at radius 3 is 2.68 bits per heavy atom. The Kier molecular flexibility index (Phi) is 4.68. The number of benzene rings is 1. The van der Waals surface area contributed by atoms with E-state index in [2.05, 4.69) is 4.98 Å². The summed E-state index contributed by atoms with van der Waals surface area (Å²) in [4.78, 5) is 3.75. The molecule has 1 aromatic heterocycles. The van der Waals surface area contributed by atoms with Gasteiger partial charge in [0.15, 0.2) is 0 Å². The van der Waals surface area contributed by atoms with Crippen molar-refractivity contribution in [2.75, 3.05) is 13.2 Å². The minimum atomic E-state index is -2.63. The summed E-state index contributed by atoms with van der Waals surface area (Å²) in [6.45, 7) is 1.32. The highest BCUT2D eigenvalue weighted by atomic mass is 19.3. The minimum absolute atomic E-state index is 0.147. The maximum Gasteiger partial charge on any atom is 0.283 e. The van der Waals surface area contributed by atoms with Crippen LogP contribution in [0.25, 0.3) is 11.5 Å². The molecule has 1 aliphatic rings. The SMILES string of the molecule is FC(F)c1coc(-c2ccc(OCC3CCCCO3)cc2)n1. The van der Waals surface area contributed by atoms with Gasteiger partial charge >= 0.3 is 0 Å². The van der Waals surface area contributed by atoms with Gasteiger partial charge in [0, 0.05) is 12.2 Å². The lowest BCUT2D eigenvalue weighted by molar-refractivity contribution is -0.0110. The van der Waals surface area contributed by atoms with Crippen molar-refractivity contribution >= 4 is 0 Å². The summed E-state index contributed by atoms with van der Waals surface area (Å²) in [5.74, 6) is 0.885. The number of aromatic nitrogens is 1. The van der Waals surface area contributed by atoms with Crippen LogP contribution in [0.5, 0.6) is 5.75 Å². The number of hydrogen-bond donors (Lipinski definition) is 0. The number of hydrogen-bond acceptors (Lipinski definition) is 4. The molecule has 1 unspecified atom stereocenters. The van der Waals surface area contributed by atoms with Crippen LogP contribution < -0.4 is 4.74 Å². The molecule has 1 aliphatic heterocycles. The van der Waals surface area contributed by atoms with Crippen LogP contribution in [0.1, 0.15) is 31.4 Å². The molecule has 0 radical (unpaired) electrons. The van der Waals surface area contributed by atoms with Crippen LogP contribution in [0, 0.1) is 0 Å². The molecule has 4 nitrogen and oxygen atoms in total. The second-order valence-corrected chi connectivity index (χ2v) is 5.20. The Morgan fingerprint density at radius 1 is 1.23 bits per heavy atom. The largest absolute Gasteiger partial charge is 0.491 e. The first-order valence-electron chi connectivity index (χ1n) is 7.31. The van der Waals surface area contributed by atoms with Crippen molar-refractivity contribution in [3.05, 3.63) is 36.2 Å². The van der Waals surface area contributed by atoms with Gasteiger partial charge in [-0.3, -0.25) is 0 Å². The fourth-order valence-corrected chi connectivity index (χ4v) is 2.34. The van der Waals surface area contributed by atoms with Gasteiger partial charge in [0.1, 0.15) is 24.3 Å². The highest BCUT2D eigenvalue weighted by Crippen LogP contribution is 2.25. The van der Waals surface area contributed by atoms with Gasteiger partial charge in [0.25, 0.3) is 6.43 Å². The Hall–Kier alpha value is -1.95. The Balaban J connectivity index is 1.59. The van der Waals surface area contributed by atoms with E-state index in [1.165, 1.54) is 6.42 Å². The fraction of sp³-hybridized carbons (Fsp3) is 0.438. The number of alkyl halides is 2. The molecule has 118 valence electrons. The topological polar surface area (TPSA) is 44.5 Å². The average molecular weight is 309 g/mol. The monoisotopic (exact) mass is 309 g/mol. The van der Waals surface area contributed by atoms with E-state index in [0.717, 1.165) is 25.7 Å². The molecule has 1 atom stereocenters. The summed E-state index contributed by atoms with van der Waals surface area (Å²) in [5.41, 5.74) is 0.276. The summed E-state index contributed by atoms with van der Waals surface area (Å²) in [6, 6.07) is 7.01. The predicted octanol–water partition coefficient (Wildman–Crippen LogP) is 4.23. The van der Waals surface area contributed by atoms with Gasteiger partial charge in [-0.1, -0.05) is 0 Å². The summed E-state index contributed by atoms with van der Waals surface area (Å²) >= 11 is 0. The second kappa shape index (κ2) is 6.87. The minimum Gasteiger partial charge on any atom is -0.491 e. The van der Waals surface area contributed by atoms with Crippen LogP contribution in [0.3, 0.4) is 0 Å². The third-order valence-electron chi connectivity index (χ3n) is 3.56. The quantitative estimate of drug-likeness (QED) is 0.829. The van der Waals surface area contributed by atoms with Crippen molar-refractivity contribution in [1.82, 2.24) is 4.98 Å². The molecule has 6 heteroatoms. The molecular formula is C16H17F2NO3. The standard InChI is InChI=1S/C16H17F2NO3/c17-15(18)14-10-22-16(19-14)11-4-6-12(7-5-11)21-9-13-3-1-2-8-20-13/h4-7,10,13,15H,1-3,8-9H2. The molecule has 0 spiro atoms. The predicted molar refractivity (Wildman–Crippen MR) is 76.0 cm³/mol. The van der Waals surface area contributed by atoms with Gasteiger partial charge in [0.05, 0.1) is 6.10 Å². The molecule has 22 heavy (non-hydrogen) atoms. The van der Waals surface area contributed by atoms with Crippen LogP contribution in [0.2, 0.25) is 0 Å². The first-order valence-corrected chi connectivity index (χ1v) is 7.31. The Morgan fingerprint density at radius 2 is 2.05 bits per heavy atom. The fourth-order valence-electron chi connectivity index (χ4n) is 2.34. The van der Waals surface area contributed by atoms with E-state index in [-0.39, 0.29) is 17.7 Å². The van der Waals surface area contributed by atoms with Gasteiger partial charge in [-0.05, 0) is 43.5 Å². The molecule has 1 aromatic carbocycles. The molecule has 2 heterocycles. The summed E-state index contributed by atoms with van der Waals surface area (Å²) in [7, 11) is 0. The number of halogens is 2. The highest BCUT2D eigenvalue weighted by molar-refractivity contribution is 5.54. The van der Waals surface area contributed by atoms with Crippen LogP contribution in [0.15, 0.2) is 34.9 Å². The third-order valence-corrected chi connectivity index (χ3v) is 3.56. The van der Waals surface area contributed by atoms with E-state index in [0.29, 0.717) is 17.9 Å². The van der Waals surface area contributed by atoms with Gasteiger partial charge in [0.2, 0.25) is 5.89 Å². The summed E-state index contributed by atoms with van der Waals surface area (Å²) in [5, 5.41) is 0. The molecule has 2 aromatic rings. The van der Waals surface area contributed by atoms with Crippen LogP contribution in [-0.4, -0.2) is 24.3 Å². The van der Waals surface area contributed by atoms with Gasteiger partial charge in [-0.15, -0.1) is 0 Å². The maximum atomic E-state index is 12.5. The number of oxazole rings is 1. The van der Waals surface area contributed by atoms with Crippen molar-refractivity contribution in [2.24, 2.45) is 0 Å². The molecule has 3 rings (SSSR count). The molecule has 0 bridgehead atoms. The molecule has 1 fully saturated rings. The van der Waals surface area contributed by atoms with Gasteiger partial charge in [-0.2, -0.15) is 0 Å². The van der Waals surface area contributed by atoms with E-state index in [4.69, 9.17) is 13.9 Å². The first-order chi connectivity index (χ1) is 10.7. The molecule has 0 saturated carbocycles. The number of ether oxygens (including phenoxy) is 2. The average Bonchev–Trinajstić information content (AvgIpc) is 3.05. The molecular weight excluding hydrogens is 292 g/mol. The normalized spacial score (nSPS) is 18.6.